The fourth-order valence-electron chi connectivity index (χ4n) is 3.69. The Morgan fingerprint density at radius 2 is 1.78 bits per heavy atom. The van der Waals surface area contributed by atoms with Gasteiger partial charge >= 0.3 is 5.76 Å². The van der Waals surface area contributed by atoms with E-state index in [9.17, 15) is 22.8 Å². The topological polar surface area (TPSA) is 142 Å². The summed E-state index contributed by atoms with van der Waals surface area (Å²) in [4.78, 5) is 37.7. The number of hydrogen-bond donors (Lipinski definition) is 3. The number of anilines is 2. The number of nitrogens with zero attached hydrogens (tertiary/aromatic N) is 1. The minimum atomic E-state index is -3.86. The van der Waals surface area contributed by atoms with Crippen LogP contribution < -0.4 is 16.4 Å². The summed E-state index contributed by atoms with van der Waals surface area (Å²) < 4.78 is 32.5. The van der Waals surface area contributed by atoms with Crippen molar-refractivity contribution in [1.29, 1.82) is 0 Å². The van der Waals surface area contributed by atoms with Gasteiger partial charge in [-0.15, -0.1) is 0 Å². The highest BCUT2D eigenvalue weighted by molar-refractivity contribution is 7.89. The summed E-state index contributed by atoms with van der Waals surface area (Å²) in [6, 6.07) is 10.9. The maximum atomic E-state index is 13.1. The van der Waals surface area contributed by atoms with Crippen LogP contribution in [-0.4, -0.2) is 42.6 Å². The summed E-state index contributed by atoms with van der Waals surface area (Å²) >= 11 is 0. The third-order valence-corrected chi connectivity index (χ3v) is 7.12. The Morgan fingerprint density at radius 3 is 2.47 bits per heavy atom. The van der Waals surface area contributed by atoms with Crippen LogP contribution in [-0.2, 0) is 19.6 Å². The predicted octanol–water partition coefficient (Wildman–Crippen LogP) is 2.12. The maximum absolute atomic E-state index is 13.1. The van der Waals surface area contributed by atoms with E-state index in [2.05, 4.69) is 15.6 Å². The second kappa shape index (κ2) is 8.60. The number of benzene rings is 2. The lowest BCUT2D eigenvalue weighted by Crippen LogP contribution is -2.43. The van der Waals surface area contributed by atoms with Crippen LogP contribution in [0.5, 0.6) is 0 Å². The van der Waals surface area contributed by atoms with Crippen LogP contribution in [0.2, 0.25) is 0 Å². The lowest BCUT2D eigenvalue weighted by Gasteiger charge is -2.31. The summed E-state index contributed by atoms with van der Waals surface area (Å²) in [5.41, 5.74) is 1.73. The van der Waals surface area contributed by atoms with Gasteiger partial charge in [-0.1, -0.05) is 0 Å². The summed E-state index contributed by atoms with van der Waals surface area (Å²) in [5.74, 6) is -1.64. The molecule has 4 rings (SSSR count). The predicted molar refractivity (Wildman–Crippen MR) is 118 cm³/mol. The molecule has 3 aromatic rings. The van der Waals surface area contributed by atoms with Crippen LogP contribution in [0.15, 0.2) is 56.6 Å². The first kappa shape index (κ1) is 21.8. The molecule has 2 amide bonds. The highest BCUT2D eigenvalue weighted by Crippen LogP contribution is 2.26. The van der Waals surface area contributed by atoms with E-state index < -0.39 is 21.7 Å². The molecule has 0 bridgehead atoms. The number of aromatic nitrogens is 1. The molecular formula is C21H22N4O6S. The van der Waals surface area contributed by atoms with Crippen LogP contribution in [0.1, 0.15) is 19.8 Å². The molecule has 0 saturated carbocycles. The molecule has 0 unspecified atom stereocenters. The molecule has 2 heterocycles. The fraction of sp³-hybridized carbons (Fsp3) is 0.286. The van der Waals surface area contributed by atoms with Crippen molar-refractivity contribution in [3.05, 3.63) is 53.0 Å². The van der Waals surface area contributed by atoms with Crippen LogP contribution in [0, 0.1) is 5.92 Å². The van der Waals surface area contributed by atoms with Gasteiger partial charge in [0.05, 0.1) is 16.3 Å². The van der Waals surface area contributed by atoms with Crippen molar-refractivity contribution < 1.29 is 22.4 Å². The molecular weight excluding hydrogens is 436 g/mol. The molecule has 32 heavy (non-hydrogen) atoms. The van der Waals surface area contributed by atoms with Gasteiger partial charge in [0.25, 0.3) is 0 Å². The largest absolute Gasteiger partial charge is 0.417 e. The van der Waals surface area contributed by atoms with E-state index in [0.29, 0.717) is 36.3 Å². The summed E-state index contributed by atoms with van der Waals surface area (Å²) in [7, 11) is -3.86. The van der Waals surface area contributed by atoms with Gasteiger partial charge in [0.15, 0.2) is 5.58 Å². The number of carbonyl (C=O) groups is 2. The van der Waals surface area contributed by atoms with Gasteiger partial charge in [0.2, 0.25) is 21.8 Å². The highest BCUT2D eigenvalue weighted by Gasteiger charge is 2.33. The van der Waals surface area contributed by atoms with Gasteiger partial charge in [-0.05, 0) is 49.2 Å². The Morgan fingerprint density at radius 1 is 1.09 bits per heavy atom. The number of fused-ring (bicyclic) bond motifs is 1. The van der Waals surface area contributed by atoms with Crippen LogP contribution in [0.3, 0.4) is 0 Å². The number of amides is 2. The van der Waals surface area contributed by atoms with Gasteiger partial charge in [-0.3, -0.25) is 14.6 Å². The Kier molecular flexibility index (Phi) is 5.85. The molecule has 168 valence electrons. The van der Waals surface area contributed by atoms with Crippen LogP contribution >= 0.6 is 0 Å². The normalized spacial score (nSPS) is 17.2. The number of carbonyl (C=O) groups excluding carboxylic acids is 2. The van der Waals surface area contributed by atoms with E-state index in [1.807, 2.05) is 0 Å². The molecule has 10 nitrogen and oxygen atoms in total. The van der Waals surface area contributed by atoms with Gasteiger partial charge in [0, 0.05) is 37.5 Å². The first-order chi connectivity index (χ1) is 15.2. The molecule has 1 aliphatic rings. The Hall–Kier alpha value is -3.44. The SMILES string of the molecule is CC(=O)Nc1ccc(NC(=O)[C@H]2CCCN(S(=O)(=O)c3ccc4[nH]c(=O)oc4c3)C2)cc1. The summed E-state index contributed by atoms with van der Waals surface area (Å²) in [6.45, 7) is 1.75. The van der Waals surface area contributed by atoms with Crippen molar-refractivity contribution in [3.63, 3.8) is 0 Å². The average molecular weight is 458 g/mol. The molecule has 1 atom stereocenters. The number of oxazole rings is 1. The third kappa shape index (κ3) is 4.58. The molecule has 2 aromatic carbocycles. The molecule has 11 heteroatoms. The van der Waals surface area contributed by atoms with E-state index in [-0.39, 0.29) is 28.8 Å². The van der Waals surface area contributed by atoms with E-state index in [4.69, 9.17) is 4.42 Å². The molecule has 1 fully saturated rings. The first-order valence-electron chi connectivity index (χ1n) is 10.0. The monoisotopic (exact) mass is 458 g/mol. The van der Waals surface area contributed by atoms with Crippen LogP contribution in [0.4, 0.5) is 11.4 Å². The number of sulfonamides is 1. The van der Waals surface area contributed by atoms with E-state index in [1.54, 1.807) is 24.3 Å². The zero-order valence-corrected chi connectivity index (χ0v) is 18.1. The average Bonchev–Trinajstić information content (AvgIpc) is 3.14. The number of nitrogens with one attached hydrogen (secondary N) is 3. The minimum Gasteiger partial charge on any atom is -0.408 e. The number of rotatable bonds is 5. The Labute approximate surface area is 183 Å². The third-order valence-electron chi connectivity index (χ3n) is 5.26. The second-order valence-electron chi connectivity index (χ2n) is 7.62. The minimum absolute atomic E-state index is 0.00219. The standard InChI is InChI=1S/C21H22N4O6S/c1-13(26)22-15-4-6-16(7-5-15)23-20(27)14-3-2-10-25(12-14)32(29,30)17-8-9-18-19(11-17)31-21(28)24-18/h4-9,11,14H,2-3,10,12H2,1H3,(H,22,26)(H,23,27)(H,24,28)/t14-/m0/s1. The quantitative estimate of drug-likeness (QED) is 0.535. The molecule has 3 N–H and O–H groups in total. The lowest BCUT2D eigenvalue weighted by molar-refractivity contribution is -0.121. The molecule has 0 aliphatic carbocycles. The zero-order chi connectivity index (χ0) is 22.9. The van der Waals surface area contributed by atoms with Crippen LogP contribution in [0.25, 0.3) is 11.1 Å². The van der Waals surface area contributed by atoms with Gasteiger partial charge in [-0.25, -0.2) is 13.2 Å². The van der Waals surface area contributed by atoms with Crippen molar-refractivity contribution >= 4 is 44.3 Å². The van der Waals surface area contributed by atoms with Crippen molar-refractivity contribution in [2.75, 3.05) is 23.7 Å². The van der Waals surface area contributed by atoms with E-state index in [0.717, 1.165) is 0 Å². The van der Waals surface area contributed by atoms with Gasteiger partial charge < -0.3 is 15.1 Å². The summed E-state index contributed by atoms with van der Waals surface area (Å²) in [5, 5.41) is 5.45. The molecule has 1 saturated heterocycles. The first-order valence-corrected chi connectivity index (χ1v) is 11.5. The lowest BCUT2D eigenvalue weighted by atomic mass is 9.98. The number of piperidine rings is 1. The smallest absolute Gasteiger partial charge is 0.408 e. The van der Waals surface area contributed by atoms with E-state index >= 15 is 0 Å². The van der Waals surface area contributed by atoms with Crippen molar-refractivity contribution in [2.24, 2.45) is 5.92 Å². The molecule has 0 spiro atoms. The second-order valence-corrected chi connectivity index (χ2v) is 9.56. The molecule has 1 aromatic heterocycles. The Bertz CT molecular complexity index is 1330. The summed E-state index contributed by atoms with van der Waals surface area (Å²) in [6.07, 6.45) is 1.10. The number of aromatic amines is 1. The molecule has 1 aliphatic heterocycles. The van der Waals surface area contributed by atoms with E-state index in [1.165, 1.54) is 29.4 Å². The fourth-order valence-corrected chi connectivity index (χ4v) is 5.23. The Balaban J connectivity index is 1.46. The molecule has 0 radical (unpaired) electrons. The van der Waals surface area contributed by atoms with Crippen molar-refractivity contribution in [3.8, 4) is 0 Å². The van der Waals surface area contributed by atoms with Crippen molar-refractivity contribution in [1.82, 2.24) is 9.29 Å². The van der Waals surface area contributed by atoms with Gasteiger partial charge in [0.1, 0.15) is 0 Å². The van der Waals surface area contributed by atoms with Crippen molar-refractivity contribution in [2.45, 2.75) is 24.7 Å². The zero-order valence-electron chi connectivity index (χ0n) is 17.3. The number of H-pyrrole nitrogens is 1. The highest BCUT2D eigenvalue weighted by atomic mass is 32.2. The maximum Gasteiger partial charge on any atom is 0.417 e. The van der Waals surface area contributed by atoms with Gasteiger partial charge in [-0.2, -0.15) is 4.31 Å². The number of hydrogen-bond acceptors (Lipinski definition) is 6.